The van der Waals surface area contributed by atoms with Gasteiger partial charge in [0.25, 0.3) is 6.10 Å². The van der Waals surface area contributed by atoms with Crippen molar-refractivity contribution in [2.24, 2.45) is 0 Å². The molecule has 2 amide bonds. The van der Waals surface area contributed by atoms with E-state index in [1.165, 1.54) is 24.3 Å². The number of hydrogen-bond donors (Lipinski definition) is 5. The van der Waals surface area contributed by atoms with Crippen molar-refractivity contribution in [3.8, 4) is 5.75 Å². The zero-order chi connectivity index (χ0) is 24.8. The van der Waals surface area contributed by atoms with E-state index in [0.29, 0.717) is 12.1 Å². The van der Waals surface area contributed by atoms with E-state index in [0.717, 1.165) is 19.3 Å². The molecular weight excluding hydrogens is 436 g/mol. The molecule has 0 aliphatic rings. The van der Waals surface area contributed by atoms with Crippen LogP contribution in [0.2, 0.25) is 0 Å². The fourth-order valence-electron chi connectivity index (χ4n) is 2.87. The number of rotatable bonds is 16. The second kappa shape index (κ2) is 14.4. The molecule has 0 aliphatic heterocycles. The highest BCUT2D eigenvalue weighted by atomic mass is 16.5. The van der Waals surface area contributed by atoms with E-state index in [4.69, 9.17) is 20.1 Å². The van der Waals surface area contributed by atoms with Crippen molar-refractivity contribution < 1.29 is 44.0 Å². The number of amides is 2. The molecule has 0 aromatic heterocycles. The van der Waals surface area contributed by atoms with Gasteiger partial charge in [-0.3, -0.25) is 14.4 Å². The molecule has 0 heterocycles. The summed E-state index contributed by atoms with van der Waals surface area (Å²) in [6, 6.07) is 4.91. The first-order valence-corrected chi connectivity index (χ1v) is 10.6. The molecule has 0 unspecified atom stereocenters. The van der Waals surface area contributed by atoms with Crippen molar-refractivity contribution in [2.75, 3.05) is 6.54 Å². The number of carboxylic acid groups (broad SMARTS) is 3. The van der Waals surface area contributed by atoms with Gasteiger partial charge in [-0.1, -0.05) is 31.9 Å². The molecule has 0 saturated carbocycles. The van der Waals surface area contributed by atoms with Crippen molar-refractivity contribution in [1.29, 1.82) is 0 Å². The van der Waals surface area contributed by atoms with Crippen LogP contribution in [0.4, 0.5) is 0 Å². The van der Waals surface area contributed by atoms with Crippen LogP contribution in [0.15, 0.2) is 24.3 Å². The van der Waals surface area contributed by atoms with E-state index >= 15 is 0 Å². The van der Waals surface area contributed by atoms with Gasteiger partial charge in [0.05, 0.1) is 0 Å². The minimum absolute atomic E-state index is 0.0202. The molecule has 11 heteroatoms. The van der Waals surface area contributed by atoms with Crippen molar-refractivity contribution in [3.63, 3.8) is 0 Å². The molecule has 0 bridgehead atoms. The predicted octanol–water partition coefficient (Wildman–Crippen LogP) is 1.19. The fraction of sp³-hybridized carbons (Fsp3) is 0.500. The summed E-state index contributed by atoms with van der Waals surface area (Å²) in [5, 5.41) is 31.9. The fourth-order valence-corrected chi connectivity index (χ4v) is 2.87. The maximum Gasteiger partial charge on any atom is 0.356 e. The first-order valence-electron chi connectivity index (χ1n) is 10.6. The predicted molar refractivity (Wildman–Crippen MR) is 116 cm³/mol. The molecule has 182 valence electrons. The number of benzene rings is 1. The average molecular weight is 466 g/mol. The Kier molecular flexibility index (Phi) is 12.0. The molecule has 0 fully saturated rings. The number of ether oxygens (including phenoxy) is 1. The molecular formula is C22H30N2O9. The zero-order valence-electron chi connectivity index (χ0n) is 18.4. The van der Waals surface area contributed by atoms with Crippen LogP contribution in [0.5, 0.6) is 5.75 Å². The van der Waals surface area contributed by atoms with Crippen molar-refractivity contribution >= 4 is 29.7 Å². The number of carbonyl (C=O) groups excluding carboxylic acids is 2. The van der Waals surface area contributed by atoms with E-state index in [2.05, 4.69) is 10.6 Å². The number of carboxylic acids is 3. The zero-order valence-corrected chi connectivity index (χ0v) is 18.4. The van der Waals surface area contributed by atoms with Gasteiger partial charge in [-0.05, 0) is 30.5 Å². The highest BCUT2D eigenvalue weighted by molar-refractivity contribution is 5.96. The van der Waals surface area contributed by atoms with Crippen LogP contribution in [-0.2, 0) is 30.4 Å². The van der Waals surface area contributed by atoms with Crippen molar-refractivity contribution in [1.82, 2.24) is 10.6 Å². The second-order valence-corrected chi connectivity index (χ2v) is 7.39. The summed E-state index contributed by atoms with van der Waals surface area (Å²) in [5.41, 5.74) is 0.615. The molecule has 0 spiro atoms. The SMILES string of the molecule is CCCCCNC(=O)[C@H](Cc1ccc(OC(C(=O)O)C(=O)O)cc1)NC(=O)CCCC(=O)O. The van der Waals surface area contributed by atoms with Gasteiger partial charge in [-0.15, -0.1) is 0 Å². The Morgan fingerprint density at radius 3 is 2.09 bits per heavy atom. The third-order valence-electron chi connectivity index (χ3n) is 4.59. The summed E-state index contributed by atoms with van der Waals surface area (Å²) >= 11 is 0. The Bertz CT molecular complexity index is 810. The first kappa shape index (κ1) is 27.4. The molecule has 33 heavy (non-hydrogen) atoms. The summed E-state index contributed by atoms with van der Waals surface area (Å²) in [7, 11) is 0. The van der Waals surface area contributed by atoms with Crippen LogP contribution in [0.25, 0.3) is 0 Å². The van der Waals surface area contributed by atoms with Gasteiger partial charge in [0.15, 0.2) is 0 Å². The monoisotopic (exact) mass is 466 g/mol. The van der Waals surface area contributed by atoms with E-state index in [-0.39, 0.29) is 37.3 Å². The van der Waals surface area contributed by atoms with E-state index < -0.39 is 36.0 Å². The normalized spacial score (nSPS) is 11.5. The largest absolute Gasteiger partial charge is 0.481 e. The molecule has 5 N–H and O–H groups in total. The smallest absolute Gasteiger partial charge is 0.356 e. The number of aliphatic carboxylic acids is 3. The van der Waals surface area contributed by atoms with E-state index in [1.54, 1.807) is 0 Å². The molecule has 1 atom stereocenters. The Morgan fingerprint density at radius 1 is 0.909 bits per heavy atom. The highest BCUT2D eigenvalue weighted by Gasteiger charge is 2.28. The van der Waals surface area contributed by atoms with Crippen molar-refractivity contribution in [2.45, 2.75) is 64.0 Å². The van der Waals surface area contributed by atoms with Crippen molar-refractivity contribution in [3.05, 3.63) is 29.8 Å². The summed E-state index contributed by atoms with van der Waals surface area (Å²) in [4.78, 5) is 57.3. The maximum atomic E-state index is 12.6. The first-order chi connectivity index (χ1) is 15.6. The van der Waals surface area contributed by atoms with Gasteiger partial charge in [0.2, 0.25) is 11.8 Å². The number of hydrogen-bond acceptors (Lipinski definition) is 6. The van der Waals surface area contributed by atoms with Crippen LogP contribution in [0.1, 0.15) is 51.0 Å². The average Bonchev–Trinajstić information content (AvgIpc) is 2.74. The minimum atomic E-state index is -2.05. The molecule has 0 aliphatic carbocycles. The van der Waals surface area contributed by atoms with Gasteiger partial charge >= 0.3 is 17.9 Å². The molecule has 0 radical (unpaired) electrons. The Morgan fingerprint density at radius 2 is 1.55 bits per heavy atom. The van der Waals surface area contributed by atoms with Gasteiger partial charge in [0.1, 0.15) is 11.8 Å². The van der Waals surface area contributed by atoms with Crippen LogP contribution >= 0.6 is 0 Å². The lowest BCUT2D eigenvalue weighted by Gasteiger charge is -2.19. The third kappa shape index (κ3) is 11.0. The quantitative estimate of drug-likeness (QED) is 0.177. The van der Waals surface area contributed by atoms with E-state index in [9.17, 15) is 24.0 Å². The summed E-state index contributed by atoms with van der Waals surface area (Å²) in [5.74, 6) is -5.10. The highest BCUT2D eigenvalue weighted by Crippen LogP contribution is 2.16. The summed E-state index contributed by atoms with van der Waals surface area (Å²) < 4.78 is 4.95. The second-order valence-electron chi connectivity index (χ2n) is 7.39. The van der Waals surface area contributed by atoms with E-state index in [1.807, 2.05) is 6.92 Å². The molecule has 1 rings (SSSR count). The summed E-state index contributed by atoms with van der Waals surface area (Å²) in [6.07, 6.45) is 0.740. The third-order valence-corrected chi connectivity index (χ3v) is 4.59. The van der Waals surface area contributed by atoms with Crippen LogP contribution in [0.3, 0.4) is 0 Å². The summed E-state index contributed by atoms with van der Waals surface area (Å²) in [6.45, 7) is 2.49. The van der Waals surface area contributed by atoms with Gasteiger partial charge in [-0.2, -0.15) is 0 Å². The van der Waals surface area contributed by atoms with Gasteiger partial charge < -0.3 is 30.7 Å². The Balaban J connectivity index is 2.82. The van der Waals surface area contributed by atoms with Crippen LogP contribution in [0, 0.1) is 0 Å². The van der Waals surface area contributed by atoms with Gasteiger partial charge in [0, 0.05) is 25.8 Å². The lowest BCUT2D eigenvalue weighted by molar-refractivity contribution is -0.159. The molecule has 1 aromatic rings. The number of unbranched alkanes of at least 4 members (excludes halogenated alkanes) is 2. The minimum Gasteiger partial charge on any atom is -0.481 e. The Labute approximate surface area is 191 Å². The number of nitrogens with one attached hydrogen (secondary N) is 2. The lowest BCUT2D eigenvalue weighted by atomic mass is 10.0. The lowest BCUT2D eigenvalue weighted by Crippen LogP contribution is -2.48. The maximum absolute atomic E-state index is 12.6. The molecule has 0 saturated heterocycles. The topological polar surface area (TPSA) is 179 Å². The standard InChI is InChI=1S/C22H30N2O9/c1-2-3-4-12-23-20(28)16(24-17(25)6-5-7-18(26)27)13-14-8-10-15(11-9-14)33-19(21(29)30)22(31)32/h8-11,16,19H,2-7,12-13H2,1H3,(H,23,28)(H,24,25)(H,26,27)(H,29,30)(H,31,32)/t16-/m0/s1. The van der Waals surface area contributed by atoms with Crippen LogP contribution in [-0.4, -0.2) is 63.7 Å². The Hall–Kier alpha value is -3.63. The molecule has 11 nitrogen and oxygen atoms in total. The van der Waals surface area contributed by atoms with Crippen LogP contribution < -0.4 is 15.4 Å². The molecule has 1 aromatic carbocycles. The van der Waals surface area contributed by atoms with Gasteiger partial charge in [-0.25, -0.2) is 9.59 Å². The number of carbonyl (C=O) groups is 5.